The van der Waals surface area contributed by atoms with E-state index < -0.39 is 0 Å². The minimum absolute atomic E-state index is 0.216. The molecule has 0 saturated carbocycles. The Balaban J connectivity index is 1.91. The van der Waals surface area contributed by atoms with E-state index in [0.717, 1.165) is 59.8 Å². The molecule has 2 saturated heterocycles. The molecule has 4 heteroatoms. The lowest BCUT2D eigenvalue weighted by Gasteiger charge is -2.19. The van der Waals surface area contributed by atoms with Gasteiger partial charge in [0, 0.05) is 11.1 Å². The minimum atomic E-state index is 0.216. The highest BCUT2D eigenvalue weighted by atomic mass is 16.6. The standard InChI is InChI=1S/C20H26O4/c1-5-13(3)17-7-20(24-12-16-10-22-16)18(14(4)6-2)8-19(17)23-11-15-9-21-15/h7-8,15-16H,3-6,9-12H2,1-2H3. The number of ether oxygens (including phenoxy) is 4. The van der Waals surface area contributed by atoms with Gasteiger partial charge in [0.05, 0.1) is 13.2 Å². The van der Waals surface area contributed by atoms with Gasteiger partial charge in [0.1, 0.15) is 36.9 Å². The van der Waals surface area contributed by atoms with Crippen molar-refractivity contribution in [3.05, 3.63) is 36.4 Å². The van der Waals surface area contributed by atoms with Gasteiger partial charge < -0.3 is 18.9 Å². The Morgan fingerprint density at radius 1 is 0.917 bits per heavy atom. The maximum Gasteiger partial charge on any atom is 0.127 e. The van der Waals surface area contributed by atoms with E-state index in [0.29, 0.717) is 13.2 Å². The average Bonchev–Trinajstić information content (AvgIpc) is 3.50. The molecule has 0 spiro atoms. The van der Waals surface area contributed by atoms with Crippen LogP contribution in [0, 0.1) is 0 Å². The molecule has 2 unspecified atom stereocenters. The summed E-state index contributed by atoms with van der Waals surface area (Å²) in [6.07, 6.45) is 2.15. The van der Waals surface area contributed by atoms with E-state index in [-0.39, 0.29) is 12.2 Å². The first-order valence-electron chi connectivity index (χ1n) is 8.65. The molecule has 24 heavy (non-hydrogen) atoms. The van der Waals surface area contributed by atoms with E-state index in [9.17, 15) is 0 Å². The fourth-order valence-corrected chi connectivity index (χ4v) is 2.43. The van der Waals surface area contributed by atoms with Crippen molar-refractivity contribution < 1.29 is 18.9 Å². The zero-order valence-corrected chi connectivity index (χ0v) is 14.6. The first-order valence-corrected chi connectivity index (χ1v) is 8.65. The molecular weight excluding hydrogens is 304 g/mol. The van der Waals surface area contributed by atoms with Gasteiger partial charge in [-0.1, -0.05) is 27.0 Å². The maximum atomic E-state index is 6.01. The smallest absolute Gasteiger partial charge is 0.127 e. The molecule has 4 nitrogen and oxygen atoms in total. The molecule has 0 N–H and O–H groups in total. The van der Waals surface area contributed by atoms with E-state index >= 15 is 0 Å². The van der Waals surface area contributed by atoms with Crippen molar-refractivity contribution in [3.8, 4) is 11.5 Å². The molecule has 0 radical (unpaired) electrons. The van der Waals surface area contributed by atoms with Gasteiger partial charge >= 0.3 is 0 Å². The van der Waals surface area contributed by atoms with Gasteiger partial charge in [0.15, 0.2) is 0 Å². The highest BCUT2D eigenvalue weighted by Gasteiger charge is 2.26. The predicted molar refractivity (Wildman–Crippen MR) is 95.6 cm³/mol. The first-order chi connectivity index (χ1) is 11.6. The minimum Gasteiger partial charge on any atom is -0.490 e. The van der Waals surface area contributed by atoms with E-state index in [2.05, 4.69) is 27.0 Å². The van der Waals surface area contributed by atoms with Crippen LogP contribution in [0.25, 0.3) is 11.1 Å². The van der Waals surface area contributed by atoms with Crippen LogP contribution in [0.15, 0.2) is 25.3 Å². The summed E-state index contributed by atoms with van der Waals surface area (Å²) in [5, 5.41) is 0. The Morgan fingerprint density at radius 2 is 1.29 bits per heavy atom. The third kappa shape index (κ3) is 4.19. The summed E-state index contributed by atoms with van der Waals surface area (Å²) >= 11 is 0. The van der Waals surface area contributed by atoms with Crippen LogP contribution in [0.5, 0.6) is 11.5 Å². The maximum absolute atomic E-state index is 6.01. The lowest BCUT2D eigenvalue weighted by atomic mass is 9.97. The van der Waals surface area contributed by atoms with Crippen molar-refractivity contribution >= 4 is 11.1 Å². The molecule has 2 heterocycles. The fourth-order valence-electron chi connectivity index (χ4n) is 2.43. The largest absolute Gasteiger partial charge is 0.490 e. The van der Waals surface area contributed by atoms with Crippen LogP contribution < -0.4 is 9.47 Å². The Hall–Kier alpha value is -1.78. The lowest BCUT2D eigenvalue weighted by molar-refractivity contribution is 0.256. The zero-order valence-electron chi connectivity index (χ0n) is 14.6. The molecule has 2 fully saturated rings. The Morgan fingerprint density at radius 3 is 1.58 bits per heavy atom. The van der Waals surface area contributed by atoms with Crippen molar-refractivity contribution in [2.24, 2.45) is 0 Å². The number of epoxide rings is 2. The predicted octanol–water partition coefficient (Wildman–Crippen LogP) is 4.09. The van der Waals surface area contributed by atoms with Crippen LogP contribution in [0.2, 0.25) is 0 Å². The summed E-state index contributed by atoms with van der Waals surface area (Å²) in [6, 6.07) is 4.07. The number of benzene rings is 1. The van der Waals surface area contributed by atoms with Crippen LogP contribution in [-0.4, -0.2) is 38.6 Å². The van der Waals surface area contributed by atoms with E-state index in [4.69, 9.17) is 18.9 Å². The summed E-state index contributed by atoms with van der Waals surface area (Å²) in [4.78, 5) is 0. The number of hydrogen-bond donors (Lipinski definition) is 0. The molecule has 0 amide bonds. The Kier molecular flexibility index (Phi) is 5.27. The van der Waals surface area contributed by atoms with Gasteiger partial charge in [-0.25, -0.2) is 0 Å². The van der Waals surface area contributed by atoms with Gasteiger partial charge in [-0.3, -0.25) is 0 Å². The Labute approximate surface area is 144 Å². The van der Waals surface area contributed by atoms with Crippen LogP contribution in [0.1, 0.15) is 37.8 Å². The normalized spacial score (nSPS) is 21.2. The molecule has 2 atom stereocenters. The van der Waals surface area contributed by atoms with Crippen molar-refractivity contribution in [1.29, 1.82) is 0 Å². The molecule has 2 aliphatic rings. The topological polar surface area (TPSA) is 43.5 Å². The second-order valence-electron chi connectivity index (χ2n) is 6.29. The summed E-state index contributed by atoms with van der Waals surface area (Å²) < 4.78 is 22.5. The number of hydrogen-bond acceptors (Lipinski definition) is 4. The lowest BCUT2D eigenvalue weighted by Crippen LogP contribution is -2.09. The SMILES string of the molecule is C=C(CC)c1cc(OCC2CO2)c(C(=C)CC)cc1OCC1CO1. The summed E-state index contributed by atoms with van der Waals surface area (Å²) in [5.74, 6) is 1.66. The van der Waals surface area contributed by atoms with Crippen LogP contribution in [0.4, 0.5) is 0 Å². The molecule has 1 aromatic rings. The van der Waals surface area contributed by atoms with E-state index in [1.54, 1.807) is 0 Å². The van der Waals surface area contributed by atoms with Gasteiger partial charge in [-0.05, 0) is 36.1 Å². The first kappa shape index (κ1) is 17.1. The molecular formula is C20H26O4. The highest BCUT2D eigenvalue weighted by molar-refractivity contribution is 5.77. The number of allylic oxidation sites excluding steroid dienone is 2. The Bertz CT molecular complexity index is 571. The molecule has 130 valence electrons. The molecule has 0 aliphatic carbocycles. The van der Waals surface area contributed by atoms with Crippen molar-refractivity contribution in [2.45, 2.75) is 38.9 Å². The highest BCUT2D eigenvalue weighted by Crippen LogP contribution is 2.38. The van der Waals surface area contributed by atoms with Crippen molar-refractivity contribution in [1.82, 2.24) is 0 Å². The average molecular weight is 330 g/mol. The monoisotopic (exact) mass is 330 g/mol. The van der Waals surface area contributed by atoms with Gasteiger partial charge in [-0.15, -0.1) is 0 Å². The third-order valence-electron chi connectivity index (χ3n) is 4.35. The van der Waals surface area contributed by atoms with Crippen LogP contribution in [0.3, 0.4) is 0 Å². The van der Waals surface area contributed by atoms with Crippen LogP contribution in [-0.2, 0) is 9.47 Å². The zero-order chi connectivity index (χ0) is 17.1. The summed E-state index contributed by atoms with van der Waals surface area (Å²) in [5.41, 5.74) is 4.06. The third-order valence-corrected chi connectivity index (χ3v) is 4.35. The second-order valence-corrected chi connectivity index (χ2v) is 6.29. The summed E-state index contributed by atoms with van der Waals surface area (Å²) in [7, 11) is 0. The van der Waals surface area contributed by atoms with Gasteiger partial charge in [0.25, 0.3) is 0 Å². The van der Waals surface area contributed by atoms with Crippen LogP contribution >= 0.6 is 0 Å². The summed E-state index contributed by atoms with van der Waals surface area (Å²) in [6.45, 7) is 15.2. The molecule has 3 rings (SSSR count). The molecule has 2 aliphatic heterocycles. The van der Waals surface area contributed by atoms with E-state index in [1.807, 2.05) is 12.1 Å². The van der Waals surface area contributed by atoms with Crippen molar-refractivity contribution in [3.63, 3.8) is 0 Å². The quantitative estimate of drug-likeness (QED) is 0.606. The van der Waals surface area contributed by atoms with Gasteiger partial charge in [-0.2, -0.15) is 0 Å². The number of rotatable bonds is 10. The molecule has 0 bridgehead atoms. The van der Waals surface area contributed by atoms with Gasteiger partial charge in [0.2, 0.25) is 0 Å². The fraction of sp³-hybridized carbons (Fsp3) is 0.500. The van der Waals surface area contributed by atoms with Crippen molar-refractivity contribution in [2.75, 3.05) is 26.4 Å². The second kappa shape index (κ2) is 7.41. The van der Waals surface area contributed by atoms with E-state index in [1.165, 1.54) is 0 Å². The molecule has 0 aromatic heterocycles. The molecule has 1 aromatic carbocycles.